The van der Waals surface area contributed by atoms with Crippen LogP contribution >= 0.6 is 11.6 Å². The summed E-state index contributed by atoms with van der Waals surface area (Å²) in [6, 6.07) is 17.7. The van der Waals surface area contributed by atoms with E-state index in [-0.39, 0.29) is 11.4 Å². The molecule has 0 aromatic heterocycles. The minimum Gasteiger partial charge on any atom is -0.391 e. The highest BCUT2D eigenvalue weighted by atomic mass is 35.5. The van der Waals surface area contributed by atoms with Crippen LogP contribution < -0.4 is 5.73 Å². The number of rotatable bonds is 9. The second-order valence-corrected chi connectivity index (χ2v) is 8.55. The molecule has 0 aliphatic carbocycles. The third-order valence-corrected chi connectivity index (χ3v) is 5.93. The number of primary amides is 1. The molecule has 156 valence electrons. The van der Waals surface area contributed by atoms with Crippen LogP contribution in [-0.2, 0) is 6.42 Å². The molecule has 0 bridgehead atoms. The van der Waals surface area contributed by atoms with Gasteiger partial charge >= 0.3 is 0 Å². The van der Waals surface area contributed by atoms with Crippen LogP contribution in [0, 0.1) is 0 Å². The molecular formula is C23H30ClN3O2. The minimum atomic E-state index is -0.509. The van der Waals surface area contributed by atoms with Crippen molar-refractivity contribution < 1.29 is 9.90 Å². The fourth-order valence-corrected chi connectivity index (χ4v) is 4.26. The van der Waals surface area contributed by atoms with Gasteiger partial charge in [-0.3, -0.25) is 14.6 Å². The average Bonchev–Trinajstić information content (AvgIpc) is 3.12. The Morgan fingerprint density at radius 3 is 2.52 bits per heavy atom. The number of likely N-dealkylation sites (N-methyl/N-ethyl adjacent to an activating group) is 1. The lowest BCUT2D eigenvalue weighted by atomic mass is 10.0. The highest BCUT2D eigenvalue weighted by Crippen LogP contribution is 2.24. The minimum absolute atomic E-state index is 0.185. The van der Waals surface area contributed by atoms with E-state index in [4.69, 9.17) is 17.3 Å². The standard InChI is InChI=1S/C23H30ClN3O2/c1-26(15-21(28)13-17-7-9-19(10-8-17)23(25)29)22(18-5-3-2-4-6-18)16-27-12-11-20(24)14-27/h2-10,20-22,28H,11-16H2,1H3,(H2,25,29)/t20-,21+,22+/m0/s1. The van der Waals surface area contributed by atoms with Crippen molar-refractivity contribution in [1.82, 2.24) is 9.80 Å². The van der Waals surface area contributed by atoms with E-state index in [1.54, 1.807) is 12.1 Å². The van der Waals surface area contributed by atoms with Gasteiger partial charge < -0.3 is 10.8 Å². The average molecular weight is 416 g/mol. The number of aliphatic hydroxyl groups excluding tert-OH is 1. The van der Waals surface area contributed by atoms with E-state index >= 15 is 0 Å². The zero-order chi connectivity index (χ0) is 20.8. The molecule has 1 saturated heterocycles. The molecular weight excluding hydrogens is 386 g/mol. The molecule has 0 unspecified atom stereocenters. The fourth-order valence-electron chi connectivity index (χ4n) is 3.97. The summed E-state index contributed by atoms with van der Waals surface area (Å²) in [6.45, 7) is 3.37. The number of aliphatic hydroxyl groups is 1. The van der Waals surface area contributed by atoms with Crippen LogP contribution in [0.25, 0.3) is 0 Å². The number of amides is 1. The molecule has 1 amide bonds. The largest absolute Gasteiger partial charge is 0.391 e. The maximum Gasteiger partial charge on any atom is 0.248 e. The number of benzene rings is 2. The van der Waals surface area contributed by atoms with Gasteiger partial charge in [-0.1, -0.05) is 42.5 Å². The first-order valence-corrected chi connectivity index (χ1v) is 10.5. The second-order valence-electron chi connectivity index (χ2n) is 7.93. The van der Waals surface area contributed by atoms with Crippen LogP contribution in [0.4, 0.5) is 0 Å². The van der Waals surface area contributed by atoms with Crippen LogP contribution in [0.2, 0.25) is 0 Å². The third kappa shape index (κ3) is 6.28. The highest BCUT2D eigenvalue weighted by molar-refractivity contribution is 6.20. The van der Waals surface area contributed by atoms with Crippen LogP contribution in [0.15, 0.2) is 54.6 Å². The number of alkyl halides is 1. The summed E-state index contributed by atoms with van der Waals surface area (Å²) in [5.74, 6) is -0.441. The predicted octanol–water partition coefficient (Wildman–Crippen LogP) is 2.68. The third-order valence-electron chi connectivity index (χ3n) is 5.57. The number of halogens is 1. The van der Waals surface area contributed by atoms with Crippen molar-refractivity contribution in [2.24, 2.45) is 5.73 Å². The molecule has 0 saturated carbocycles. The van der Waals surface area contributed by atoms with Crippen molar-refractivity contribution in [2.75, 3.05) is 33.2 Å². The molecule has 2 aromatic rings. The zero-order valence-electron chi connectivity index (χ0n) is 16.9. The van der Waals surface area contributed by atoms with Crippen molar-refractivity contribution in [2.45, 2.75) is 30.4 Å². The Balaban J connectivity index is 1.63. The monoisotopic (exact) mass is 415 g/mol. The molecule has 6 heteroatoms. The highest BCUT2D eigenvalue weighted by Gasteiger charge is 2.26. The fraction of sp³-hybridized carbons (Fsp3) is 0.435. The van der Waals surface area contributed by atoms with E-state index in [0.717, 1.165) is 31.6 Å². The lowest BCUT2D eigenvalue weighted by molar-refractivity contribution is 0.0912. The van der Waals surface area contributed by atoms with E-state index in [2.05, 4.69) is 41.1 Å². The van der Waals surface area contributed by atoms with Crippen LogP contribution in [-0.4, -0.2) is 65.5 Å². The number of carbonyl (C=O) groups is 1. The number of hydrogen-bond acceptors (Lipinski definition) is 4. The molecule has 29 heavy (non-hydrogen) atoms. The van der Waals surface area contributed by atoms with Gasteiger partial charge in [-0.2, -0.15) is 0 Å². The van der Waals surface area contributed by atoms with Gasteiger partial charge in [-0.25, -0.2) is 0 Å². The van der Waals surface area contributed by atoms with Gasteiger partial charge in [-0.05, 0) is 49.7 Å². The molecule has 3 rings (SSSR count). The summed E-state index contributed by atoms with van der Waals surface area (Å²) >= 11 is 6.30. The molecule has 1 aliphatic rings. The molecule has 5 nitrogen and oxygen atoms in total. The van der Waals surface area contributed by atoms with Crippen molar-refractivity contribution >= 4 is 17.5 Å². The Morgan fingerprint density at radius 1 is 1.24 bits per heavy atom. The summed E-state index contributed by atoms with van der Waals surface area (Å²) in [7, 11) is 2.06. The van der Waals surface area contributed by atoms with E-state index in [1.165, 1.54) is 5.56 Å². The van der Waals surface area contributed by atoms with Gasteiger partial charge in [0.2, 0.25) is 5.91 Å². The molecule has 1 fully saturated rings. The Bertz CT molecular complexity index is 784. The Kier molecular flexibility index (Phi) is 7.67. The maximum absolute atomic E-state index is 11.2. The summed E-state index contributed by atoms with van der Waals surface area (Å²) in [5, 5.41) is 10.9. The van der Waals surface area contributed by atoms with Crippen molar-refractivity contribution in [3.05, 3.63) is 71.3 Å². The van der Waals surface area contributed by atoms with Crippen molar-refractivity contribution in [3.63, 3.8) is 0 Å². The van der Waals surface area contributed by atoms with Crippen LogP contribution in [0.5, 0.6) is 0 Å². The van der Waals surface area contributed by atoms with Crippen molar-refractivity contribution in [1.29, 1.82) is 0 Å². The molecule has 1 aliphatic heterocycles. The molecule has 0 radical (unpaired) electrons. The van der Waals surface area contributed by atoms with E-state index in [9.17, 15) is 9.90 Å². The number of nitrogens with two attached hydrogens (primary N) is 1. The van der Waals surface area contributed by atoms with E-state index in [0.29, 0.717) is 18.5 Å². The van der Waals surface area contributed by atoms with Gasteiger partial charge in [-0.15, -0.1) is 11.6 Å². The zero-order valence-corrected chi connectivity index (χ0v) is 17.6. The second kappa shape index (κ2) is 10.2. The predicted molar refractivity (Wildman–Crippen MR) is 117 cm³/mol. The lowest BCUT2D eigenvalue weighted by Gasteiger charge is -2.33. The first kappa shape index (κ1) is 21.8. The summed E-state index contributed by atoms with van der Waals surface area (Å²) in [4.78, 5) is 15.8. The number of hydrogen-bond donors (Lipinski definition) is 2. The summed E-state index contributed by atoms with van der Waals surface area (Å²) < 4.78 is 0. The van der Waals surface area contributed by atoms with Crippen molar-refractivity contribution in [3.8, 4) is 0 Å². The topological polar surface area (TPSA) is 69.8 Å². The normalized spacial score (nSPS) is 19.4. The van der Waals surface area contributed by atoms with E-state index < -0.39 is 12.0 Å². The molecule has 0 spiro atoms. The SMILES string of the molecule is CN(C[C@H](O)Cc1ccc(C(N)=O)cc1)[C@H](CN1CC[C@H](Cl)C1)c1ccccc1. The maximum atomic E-state index is 11.2. The number of likely N-dealkylation sites (tertiary alicyclic amines) is 1. The van der Waals surface area contributed by atoms with Gasteiger partial charge in [0.1, 0.15) is 0 Å². The molecule has 3 atom stereocenters. The summed E-state index contributed by atoms with van der Waals surface area (Å²) in [6.07, 6.45) is 1.04. The number of nitrogens with zero attached hydrogens (tertiary/aromatic N) is 2. The smallest absolute Gasteiger partial charge is 0.248 e. The van der Waals surface area contributed by atoms with Gasteiger partial charge in [0.15, 0.2) is 0 Å². The van der Waals surface area contributed by atoms with Crippen LogP contribution in [0.3, 0.4) is 0 Å². The Morgan fingerprint density at radius 2 is 1.93 bits per heavy atom. The Labute approximate surface area is 178 Å². The molecule has 3 N–H and O–H groups in total. The molecule has 2 aromatic carbocycles. The Hall–Kier alpha value is -1.92. The lowest BCUT2D eigenvalue weighted by Crippen LogP contribution is -2.39. The van der Waals surface area contributed by atoms with E-state index in [1.807, 2.05) is 18.2 Å². The summed E-state index contributed by atoms with van der Waals surface area (Å²) in [5.41, 5.74) is 7.99. The number of carbonyl (C=O) groups excluding carboxylic acids is 1. The van der Waals surface area contributed by atoms with Gasteiger partial charge in [0.05, 0.1) is 6.10 Å². The first-order valence-electron chi connectivity index (χ1n) is 10.1. The molecule has 1 heterocycles. The van der Waals surface area contributed by atoms with Gasteiger partial charge in [0, 0.05) is 36.6 Å². The quantitative estimate of drug-likeness (QED) is 0.618. The van der Waals surface area contributed by atoms with Gasteiger partial charge in [0.25, 0.3) is 0 Å². The van der Waals surface area contributed by atoms with Crippen LogP contribution in [0.1, 0.15) is 33.9 Å². The first-order chi connectivity index (χ1) is 13.9.